The Labute approximate surface area is 153 Å². The Morgan fingerprint density at radius 2 is 1.64 bits per heavy atom. The van der Waals surface area contributed by atoms with E-state index in [1.807, 2.05) is 0 Å². The molecule has 0 aliphatic carbocycles. The Kier molecular flexibility index (Phi) is 5.52. The molecular formula is C16H22ClN3O4S. The van der Waals surface area contributed by atoms with Crippen molar-refractivity contribution in [3.63, 3.8) is 0 Å². The number of piperazine rings is 1. The van der Waals surface area contributed by atoms with Gasteiger partial charge in [0.05, 0.1) is 12.7 Å². The molecule has 3 rings (SSSR count). The molecule has 2 aliphatic heterocycles. The molecule has 0 radical (unpaired) electrons. The van der Waals surface area contributed by atoms with E-state index >= 15 is 0 Å². The highest BCUT2D eigenvalue weighted by molar-refractivity contribution is 7.86. The van der Waals surface area contributed by atoms with Crippen LogP contribution in [0.3, 0.4) is 0 Å². The van der Waals surface area contributed by atoms with Crippen LogP contribution >= 0.6 is 11.6 Å². The summed E-state index contributed by atoms with van der Waals surface area (Å²) in [5, 5.41) is 0.458. The zero-order valence-electron chi connectivity index (χ0n) is 14.1. The fourth-order valence-electron chi connectivity index (χ4n) is 3.22. The number of amides is 1. The van der Waals surface area contributed by atoms with Gasteiger partial charge in [-0.1, -0.05) is 11.6 Å². The van der Waals surface area contributed by atoms with Crippen molar-refractivity contribution >= 4 is 27.7 Å². The number of hydrogen-bond acceptors (Lipinski definition) is 4. The zero-order chi connectivity index (χ0) is 18.0. The van der Waals surface area contributed by atoms with Crippen molar-refractivity contribution in [2.45, 2.75) is 12.8 Å². The molecule has 0 saturated carbocycles. The lowest BCUT2D eigenvalue weighted by molar-refractivity contribution is 0.0691. The number of benzene rings is 1. The number of halogens is 1. The number of carbonyl (C=O) groups is 1. The van der Waals surface area contributed by atoms with Crippen LogP contribution in [0.4, 0.5) is 0 Å². The summed E-state index contributed by atoms with van der Waals surface area (Å²) in [5.41, 5.74) is 0.394. The lowest BCUT2D eigenvalue weighted by atomic mass is 10.1. The standard InChI is InChI=1S/C16H22ClN3O4S/c1-24-15-5-4-13(17)12-14(15)16(21)18-8-10-20(11-9-18)25(22,23)19-6-2-3-7-19/h4-5,12H,2-3,6-11H2,1H3. The van der Waals surface area contributed by atoms with Crippen LogP contribution in [0.25, 0.3) is 0 Å². The normalized spacial score (nSPS) is 20.0. The molecule has 2 heterocycles. The summed E-state index contributed by atoms with van der Waals surface area (Å²) in [6.45, 7) is 2.46. The van der Waals surface area contributed by atoms with Crippen molar-refractivity contribution in [1.29, 1.82) is 0 Å². The van der Waals surface area contributed by atoms with Gasteiger partial charge in [-0.3, -0.25) is 4.79 Å². The molecule has 0 aromatic heterocycles. The highest BCUT2D eigenvalue weighted by atomic mass is 35.5. The van der Waals surface area contributed by atoms with Crippen LogP contribution in [0.5, 0.6) is 5.75 Å². The molecule has 0 bridgehead atoms. The first-order valence-electron chi connectivity index (χ1n) is 8.31. The molecule has 2 aliphatic rings. The summed E-state index contributed by atoms with van der Waals surface area (Å²) in [6, 6.07) is 4.90. The predicted octanol–water partition coefficient (Wildman–Crippen LogP) is 1.45. The molecule has 7 nitrogen and oxygen atoms in total. The minimum atomic E-state index is -3.41. The first-order chi connectivity index (χ1) is 11.9. The van der Waals surface area contributed by atoms with Crippen LogP contribution in [0.15, 0.2) is 18.2 Å². The molecule has 1 amide bonds. The van der Waals surface area contributed by atoms with Crippen molar-refractivity contribution in [3.8, 4) is 5.75 Å². The second-order valence-corrected chi connectivity index (χ2v) is 8.51. The molecule has 2 fully saturated rings. The molecule has 25 heavy (non-hydrogen) atoms. The Bertz CT molecular complexity index is 742. The third-order valence-electron chi connectivity index (χ3n) is 4.64. The Hall–Kier alpha value is -1.35. The maximum Gasteiger partial charge on any atom is 0.282 e. The van der Waals surface area contributed by atoms with E-state index in [4.69, 9.17) is 16.3 Å². The Balaban J connectivity index is 1.68. The molecule has 2 saturated heterocycles. The largest absolute Gasteiger partial charge is 0.496 e. The quantitative estimate of drug-likeness (QED) is 0.784. The van der Waals surface area contributed by atoms with Gasteiger partial charge in [-0.25, -0.2) is 0 Å². The lowest BCUT2D eigenvalue weighted by Gasteiger charge is -2.36. The van der Waals surface area contributed by atoms with E-state index in [0.29, 0.717) is 55.6 Å². The summed E-state index contributed by atoms with van der Waals surface area (Å²) in [6.07, 6.45) is 1.82. The number of carbonyl (C=O) groups excluding carboxylic acids is 1. The molecule has 1 aromatic rings. The topological polar surface area (TPSA) is 70.2 Å². The highest BCUT2D eigenvalue weighted by Gasteiger charge is 2.35. The van der Waals surface area contributed by atoms with Gasteiger partial charge in [0.15, 0.2) is 0 Å². The van der Waals surface area contributed by atoms with E-state index in [1.165, 1.54) is 15.7 Å². The number of methoxy groups -OCH3 is 1. The van der Waals surface area contributed by atoms with Crippen LogP contribution in [0, 0.1) is 0 Å². The van der Waals surface area contributed by atoms with E-state index in [-0.39, 0.29) is 5.91 Å². The van der Waals surface area contributed by atoms with Gasteiger partial charge < -0.3 is 9.64 Å². The van der Waals surface area contributed by atoms with Crippen LogP contribution in [-0.2, 0) is 10.2 Å². The predicted molar refractivity (Wildman–Crippen MR) is 95.2 cm³/mol. The molecule has 138 valence electrons. The van der Waals surface area contributed by atoms with E-state index in [1.54, 1.807) is 23.1 Å². The summed E-state index contributed by atoms with van der Waals surface area (Å²) < 4.78 is 33.4. The number of ether oxygens (including phenoxy) is 1. The second-order valence-electron chi connectivity index (χ2n) is 6.15. The van der Waals surface area contributed by atoms with Gasteiger partial charge in [0.2, 0.25) is 0 Å². The van der Waals surface area contributed by atoms with Gasteiger partial charge >= 0.3 is 0 Å². The summed E-state index contributed by atoms with van der Waals surface area (Å²) in [7, 11) is -1.91. The van der Waals surface area contributed by atoms with Gasteiger partial charge in [0, 0.05) is 44.3 Å². The summed E-state index contributed by atoms with van der Waals surface area (Å²) >= 11 is 5.99. The average molecular weight is 388 g/mol. The third-order valence-corrected chi connectivity index (χ3v) is 6.91. The average Bonchev–Trinajstić information content (AvgIpc) is 3.16. The van der Waals surface area contributed by atoms with Crippen molar-refractivity contribution < 1.29 is 17.9 Å². The monoisotopic (exact) mass is 387 g/mol. The van der Waals surface area contributed by atoms with Gasteiger partial charge in [-0.05, 0) is 31.0 Å². The molecule has 0 atom stereocenters. The van der Waals surface area contributed by atoms with Crippen molar-refractivity contribution in [3.05, 3.63) is 28.8 Å². The maximum absolute atomic E-state index is 12.8. The van der Waals surface area contributed by atoms with Crippen molar-refractivity contribution in [2.24, 2.45) is 0 Å². The summed E-state index contributed by atoms with van der Waals surface area (Å²) in [5.74, 6) is 0.263. The van der Waals surface area contributed by atoms with Gasteiger partial charge in [-0.2, -0.15) is 17.0 Å². The van der Waals surface area contributed by atoms with Gasteiger partial charge in [0.1, 0.15) is 5.75 Å². The van der Waals surface area contributed by atoms with Gasteiger partial charge in [-0.15, -0.1) is 0 Å². The van der Waals surface area contributed by atoms with Crippen molar-refractivity contribution in [2.75, 3.05) is 46.4 Å². The first-order valence-corrected chi connectivity index (χ1v) is 10.1. The Morgan fingerprint density at radius 1 is 1.04 bits per heavy atom. The molecule has 9 heteroatoms. The number of rotatable bonds is 4. The molecular weight excluding hydrogens is 366 g/mol. The molecule has 1 aromatic carbocycles. The van der Waals surface area contributed by atoms with E-state index in [9.17, 15) is 13.2 Å². The minimum absolute atomic E-state index is 0.197. The highest BCUT2D eigenvalue weighted by Crippen LogP contribution is 2.25. The lowest BCUT2D eigenvalue weighted by Crippen LogP contribution is -2.53. The van der Waals surface area contributed by atoms with Crippen LogP contribution < -0.4 is 4.74 Å². The molecule has 0 N–H and O–H groups in total. The van der Waals surface area contributed by atoms with Crippen LogP contribution in [0.2, 0.25) is 5.02 Å². The number of hydrogen-bond donors (Lipinski definition) is 0. The second kappa shape index (κ2) is 7.49. The van der Waals surface area contributed by atoms with E-state index < -0.39 is 10.2 Å². The van der Waals surface area contributed by atoms with Gasteiger partial charge in [0.25, 0.3) is 16.1 Å². The van der Waals surface area contributed by atoms with E-state index in [0.717, 1.165) is 12.8 Å². The fraction of sp³-hybridized carbons (Fsp3) is 0.562. The van der Waals surface area contributed by atoms with E-state index in [2.05, 4.69) is 0 Å². The summed E-state index contributed by atoms with van der Waals surface area (Å²) in [4.78, 5) is 14.4. The maximum atomic E-state index is 12.8. The smallest absolute Gasteiger partial charge is 0.282 e. The van der Waals surface area contributed by atoms with Crippen molar-refractivity contribution in [1.82, 2.24) is 13.5 Å². The van der Waals surface area contributed by atoms with Crippen LogP contribution in [0.1, 0.15) is 23.2 Å². The molecule has 0 spiro atoms. The van der Waals surface area contributed by atoms with Crippen LogP contribution in [-0.4, -0.2) is 74.2 Å². The zero-order valence-corrected chi connectivity index (χ0v) is 15.7. The Morgan fingerprint density at radius 3 is 2.24 bits per heavy atom. The SMILES string of the molecule is COc1ccc(Cl)cc1C(=O)N1CCN(S(=O)(=O)N2CCCC2)CC1. The number of nitrogens with zero attached hydrogens (tertiary/aromatic N) is 3. The minimum Gasteiger partial charge on any atom is -0.496 e. The fourth-order valence-corrected chi connectivity index (χ4v) is 5.06. The molecule has 0 unspecified atom stereocenters. The first kappa shape index (κ1) is 18.4. The third kappa shape index (κ3) is 3.76.